The second-order valence-corrected chi connectivity index (χ2v) is 5.78. The number of para-hydroxylation sites is 1. The highest BCUT2D eigenvalue weighted by Crippen LogP contribution is 2.24. The van der Waals surface area contributed by atoms with Crippen LogP contribution in [0.4, 0.5) is 11.4 Å². The zero-order valence-corrected chi connectivity index (χ0v) is 12.6. The number of carbonyl (C=O) groups excluding carboxylic acids is 2. The van der Waals surface area contributed by atoms with Gasteiger partial charge in [-0.1, -0.05) is 18.2 Å². The molecule has 0 fully saturated rings. The number of hydrogen-bond donors (Lipinski definition) is 2. The SMILES string of the molecule is Cc1sc(C(=O)OC(C)C(=O)Nc2ccccc2)cc1N. The molecule has 0 aliphatic carbocycles. The van der Waals surface area contributed by atoms with Gasteiger partial charge in [0.05, 0.1) is 0 Å². The van der Waals surface area contributed by atoms with Crippen LogP contribution in [0.15, 0.2) is 36.4 Å². The van der Waals surface area contributed by atoms with Crippen molar-refractivity contribution in [2.24, 2.45) is 0 Å². The third kappa shape index (κ3) is 3.82. The summed E-state index contributed by atoms with van der Waals surface area (Å²) in [6, 6.07) is 10.5. The van der Waals surface area contributed by atoms with Gasteiger partial charge in [0.25, 0.3) is 5.91 Å². The number of benzene rings is 1. The van der Waals surface area contributed by atoms with E-state index in [2.05, 4.69) is 5.32 Å². The van der Waals surface area contributed by atoms with Crippen LogP contribution >= 0.6 is 11.3 Å². The Morgan fingerprint density at radius 1 is 1.29 bits per heavy atom. The molecule has 0 aliphatic rings. The van der Waals surface area contributed by atoms with Crippen molar-refractivity contribution in [1.29, 1.82) is 0 Å². The first-order valence-electron chi connectivity index (χ1n) is 6.40. The third-order valence-corrected chi connectivity index (χ3v) is 3.90. The summed E-state index contributed by atoms with van der Waals surface area (Å²) in [5.41, 5.74) is 6.90. The molecule has 1 atom stereocenters. The summed E-state index contributed by atoms with van der Waals surface area (Å²) >= 11 is 1.25. The molecule has 1 aromatic carbocycles. The van der Waals surface area contributed by atoms with E-state index >= 15 is 0 Å². The van der Waals surface area contributed by atoms with Crippen LogP contribution < -0.4 is 11.1 Å². The van der Waals surface area contributed by atoms with Crippen LogP contribution in [0.25, 0.3) is 0 Å². The van der Waals surface area contributed by atoms with Crippen molar-refractivity contribution in [2.45, 2.75) is 20.0 Å². The number of nitrogens with one attached hydrogen (secondary N) is 1. The summed E-state index contributed by atoms with van der Waals surface area (Å²) in [5.74, 6) is -0.925. The van der Waals surface area contributed by atoms with Crippen molar-refractivity contribution in [1.82, 2.24) is 0 Å². The topological polar surface area (TPSA) is 81.4 Å². The zero-order valence-electron chi connectivity index (χ0n) is 11.8. The third-order valence-electron chi connectivity index (χ3n) is 2.85. The number of nitrogens with two attached hydrogens (primary N) is 1. The molecule has 0 spiro atoms. The van der Waals surface area contributed by atoms with Gasteiger partial charge in [0.2, 0.25) is 0 Å². The van der Waals surface area contributed by atoms with E-state index in [9.17, 15) is 9.59 Å². The lowest BCUT2D eigenvalue weighted by Gasteiger charge is -2.12. The van der Waals surface area contributed by atoms with E-state index < -0.39 is 12.1 Å². The van der Waals surface area contributed by atoms with Crippen molar-refractivity contribution in [3.8, 4) is 0 Å². The maximum Gasteiger partial charge on any atom is 0.349 e. The molecule has 1 aromatic heterocycles. The molecular formula is C15H16N2O3S. The summed E-state index contributed by atoms with van der Waals surface area (Å²) in [6.07, 6.45) is -0.888. The monoisotopic (exact) mass is 304 g/mol. The minimum Gasteiger partial charge on any atom is -0.448 e. The van der Waals surface area contributed by atoms with E-state index in [1.54, 1.807) is 18.2 Å². The Balaban J connectivity index is 1.96. The molecule has 6 heteroatoms. The lowest BCUT2D eigenvalue weighted by molar-refractivity contribution is -0.123. The Hall–Kier alpha value is -2.34. The van der Waals surface area contributed by atoms with Crippen molar-refractivity contribution in [3.63, 3.8) is 0 Å². The highest BCUT2D eigenvalue weighted by molar-refractivity contribution is 7.14. The number of ether oxygens (including phenoxy) is 1. The summed E-state index contributed by atoms with van der Waals surface area (Å²) in [7, 11) is 0. The van der Waals surface area contributed by atoms with E-state index in [4.69, 9.17) is 10.5 Å². The highest BCUT2D eigenvalue weighted by atomic mass is 32.1. The van der Waals surface area contributed by atoms with Gasteiger partial charge in [0.15, 0.2) is 6.10 Å². The maximum atomic E-state index is 11.9. The molecule has 110 valence electrons. The second kappa shape index (κ2) is 6.41. The average Bonchev–Trinajstić information content (AvgIpc) is 2.80. The van der Waals surface area contributed by atoms with Crippen molar-refractivity contribution in [2.75, 3.05) is 11.1 Å². The Labute approximate surface area is 126 Å². The lowest BCUT2D eigenvalue weighted by Crippen LogP contribution is -2.29. The number of hydrogen-bond acceptors (Lipinski definition) is 5. The Morgan fingerprint density at radius 3 is 2.52 bits per heavy atom. The number of anilines is 2. The first-order valence-corrected chi connectivity index (χ1v) is 7.22. The molecule has 0 saturated carbocycles. The van der Waals surface area contributed by atoms with Crippen molar-refractivity contribution >= 4 is 34.6 Å². The number of amides is 1. The van der Waals surface area contributed by atoms with E-state index in [-0.39, 0.29) is 5.91 Å². The molecule has 0 radical (unpaired) electrons. The summed E-state index contributed by atoms with van der Waals surface area (Å²) < 4.78 is 5.14. The molecule has 5 nitrogen and oxygen atoms in total. The fourth-order valence-corrected chi connectivity index (χ4v) is 2.46. The van der Waals surface area contributed by atoms with E-state index in [1.807, 2.05) is 25.1 Å². The summed E-state index contributed by atoms with van der Waals surface area (Å²) in [6.45, 7) is 3.35. The quantitative estimate of drug-likeness (QED) is 0.851. The predicted octanol–water partition coefficient (Wildman–Crippen LogP) is 2.82. The summed E-state index contributed by atoms with van der Waals surface area (Å²) in [4.78, 5) is 25.1. The van der Waals surface area contributed by atoms with Crippen molar-refractivity contribution < 1.29 is 14.3 Å². The summed E-state index contributed by atoms with van der Waals surface area (Å²) in [5, 5.41) is 2.68. The Kier molecular flexibility index (Phi) is 4.59. The molecule has 0 saturated heterocycles. The molecule has 1 amide bonds. The van der Waals surface area contributed by atoms with Gasteiger partial charge in [-0.15, -0.1) is 11.3 Å². The zero-order chi connectivity index (χ0) is 15.4. The molecule has 1 heterocycles. The first-order chi connectivity index (χ1) is 9.97. The van der Waals surface area contributed by atoms with Gasteiger partial charge in [-0.3, -0.25) is 4.79 Å². The molecular weight excluding hydrogens is 288 g/mol. The standard InChI is InChI=1S/C15H16N2O3S/c1-9(14(18)17-11-6-4-3-5-7-11)20-15(19)13-8-12(16)10(2)21-13/h3-9H,16H2,1-2H3,(H,17,18). The number of esters is 1. The Morgan fingerprint density at radius 2 is 1.95 bits per heavy atom. The first kappa shape index (κ1) is 15.1. The fraction of sp³-hybridized carbons (Fsp3) is 0.200. The number of carbonyl (C=O) groups is 2. The smallest absolute Gasteiger partial charge is 0.349 e. The van der Waals surface area contributed by atoms with Crippen LogP contribution in [0.1, 0.15) is 21.5 Å². The van der Waals surface area contributed by atoms with Crippen LogP contribution in [-0.4, -0.2) is 18.0 Å². The van der Waals surface area contributed by atoms with Crippen LogP contribution in [0.3, 0.4) is 0 Å². The van der Waals surface area contributed by atoms with Gasteiger partial charge in [0, 0.05) is 16.3 Å². The number of aryl methyl sites for hydroxylation is 1. The van der Waals surface area contributed by atoms with Gasteiger partial charge in [-0.25, -0.2) is 4.79 Å². The fourth-order valence-electron chi connectivity index (χ4n) is 1.63. The number of rotatable bonds is 4. The number of nitrogen functional groups attached to an aromatic ring is 1. The molecule has 3 N–H and O–H groups in total. The number of thiophene rings is 1. The van der Waals surface area contributed by atoms with E-state index in [0.29, 0.717) is 16.3 Å². The molecule has 2 rings (SSSR count). The van der Waals surface area contributed by atoms with Gasteiger partial charge >= 0.3 is 5.97 Å². The van der Waals surface area contributed by atoms with Crippen molar-refractivity contribution in [3.05, 3.63) is 46.2 Å². The van der Waals surface area contributed by atoms with Gasteiger partial charge in [-0.2, -0.15) is 0 Å². The van der Waals surface area contributed by atoms with Crippen LogP contribution in [0, 0.1) is 6.92 Å². The molecule has 1 unspecified atom stereocenters. The molecule has 21 heavy (non-hydrogen) atoms. The predicted molar refractivity (Wildman–Crippen MR) is 83.4 cm³/mol. The normalized spacial score (nSPS) is 11.7. The molecule has 0 bridgehead atoms. The van der Waals surface area contributed by atoms with Gasteiger partial charge in [0.1, 0.15) is 4.88 Å². The molecule has 0 aliphatic heterocycles. The largest absolute Gasteiger partial charge is 0.448 e. The van der Waals surface area contributed by atoms with E-state index in [1.165, 1.54) is 18.3 Å². The minimum atomic E-state index is -0.888. The second-order valence-electron chi connectivity index (χ2n) is 4.52. The average molecular weight is 304 g/mol. The maximum absolute atomic E-state index is 11.9. The minimum absolute atomic E-state index is 0.379. The highest BCUT2D eigenvalue weighted by Gasteiger charge is 2.20. The van der Waals surface area contributed by atoms with Crippen LogP contribution in [-0.2, 0) is 9.53 Å². The Bertz CT molecular complexity index is 633. The van der Waals surface area contributed by atoms with Crippen LogP contribution in [0.2, 0.25) is 0 Å². The lowest BCUT2D eigenvalue weighted by atomic mass is 10.3. The van der Waals surface area contributed by atoms with Gasteiger partial charge in [-0.05, 0) is 32.0 Å². The van der Waals surface area contributed by atoms with Gasteiger partial charge < -0.3 is 15.8 Å². The van der Waals surface area contributed by atoms with Crippen LogP contribution in [0.5, 0.6) is 0 Å². The van der Waals surface area contributed by atoms with E-state index in [0.717, 1.165) is 4.88 Å². The molecule has 2 aromatic rings.